The van der Waals surface area contributed by atoms with Crippen LogP contribution in [0.25, 0.3) is 50.5 Å². The van der Waals surface area contributed by atoms with Crippen molar-refractivity contribution in [3.8, 4) is 45.2 Å². The third-order valence-corrected chi connectivity index (χ3v) is 10.7. The lowest BCUT2D eigenvalue weighted by Crippen LogP contribution is -2.17. The fourth-order valence-electron chi connectivity index (χ4n) is 7.33. The van der Waals surface area contributed by atoms with Gasteiger partial charge in [-0.05, 0) is 92.6 Å². The minimum absolute atomic E-state index is 0.106. The van der Waals surface area contributed by atoms with Crippen molar-refractivity contribution in [2.75, 3.05) is 0 Å². The molecule has 7 aromatic rings. The molecule has 0 aliphatic heterocycles. The predicted octanol–water partition coefficient (Wildman–Crippen LogP) is 13.2. The Morgan fingerprint density at radius 1 is 0.574 bits per heavy atom. The summed E-state index contributed by atoms with van der Waals surface area (Å²) in [5, 5.41) is 12.1. The van der Waals surface area contributed by atoms with E-state index in [2.05, 4.69) is 189 Å². The summed E-state index contributed by atoms with van der Waals surface area (Å²) in [4.78, 5) is 10.4. The molecule has 1 atom stereocenters. The first kappa shape index (κ1) is 36.9. The van der Waals surface area contributed by atoms with E-state index in [0.717, 1.165) is 55.8 Å². The van der Waals surface area contributed by atoms with Gasteiger partial charge in [0.15, 0.2) is 0 Å². The molecule has 1 N–H and O–H groups in total. The van der Waals surface area contributed by atoms with E-state index in [1.165, 1.54) is 16.7 Å². The second-order valence-electron chi connectivity index (χ2n) is 17.9. The van der Waals surface area contributed by atoms with Crippen LogP contribution in [-0.2, 0) is 16.2 Å². The Morgan fingerprint density at radius 3 is 1.85 bits per heavy atom. The third kappa shape index (κ3) is 7.10. The molecule has 1 unspecified atom stereocenters. The van der Waals surface area contributed by atoms with Gasteiger partial charge in [0.2, 0.25) is 0 Å². The zero-order valence-electron chi connectivity index (χ0n) is 33.5. The van der Waals surface area contributed by atoms with Crippen molar-refractivity contribution >= 4 is 11.0 Å². The number of hydrogen-bond donors (Lipinski definition) is 1. The average Bonchev–Trinajstić information content (AvgIpc) is 3.53. The molecule has 0 fully saturated rings. The topological polar surface area (TPSA) is 50.9 Å². The first-order chi connectivity index (χ1) is 25.5. The number of rotatable bonds is 6. The van der Waals surface area contributed by atoms with Crippen LogP contribution >= 0.6 is 0 Å². The number of para-hydroxylation sites is 2. The summed E-state index contributed by atoms with van der Waals surface area (Å²) in [6.45, 7) is 22.2. The number of aromatic hydroxyl groups is 1. The maximum absolute atomic E-state index is 12.1. The molecule has 54 heavy (non-hydrogen) atoms. The molecule has 4 heteroatoms. The van der Waals surface area contributed by atoms with Gasteiger partial charge in [-0.15, -0.1) is 0 Å². The predicted molar refractivity (Wildman–Crippen MR) is 227 cm³/mol. The van der Waals surface area contributed by atoms with Crippen LogP contribution in [0.4, 0.5) is 0 Å². The highest BCUT2D eigenvalue weighted by Crippen LogP contribution is 2.45. The summed E-state index contributed by atoms with van der Waals surface area (Å²) in [6.07, 6.45) is 1.94. The molecule has 2 heterocycles. The Labute approximate surface area is 321 Å². The number of benzene rings is 5. The number of imidazole rings is 1. The van der Waals surface area contributed by atoms with Gasteiger partial charge in [0.25, 0.3) is 0 Å². The summed E-state index contributed by atoms with van der Waals surface area (Å²) in [5.41, 5.74) is 13.0. The molecule has 0 amide bonds. The largest absolute Gasteiger partial charge is 0.507 e. The number of fused-ring (bicyclic) bond motifs is 1. The van der Waals surface area contributed by atoms with Gasteiger partial charge in [-0.3, -0.25) is 9.55 Å². The summed E-state index contributed by atoms with van der Waals surface area (Å²) < 4.78 is 2.21. The first-order valence-corrected chi connectivity index (χ1v) is 19.1. The van der Waals surface area contributed by atoms with Crippen LogP contribution in [0.5, 0.6) is 5.75 Å². The van der Waals surface area contributed by atoms with E-state index in [1.807, 2.05) is 12.3 Å². The Bertz CT molecular complexity index is 2450. The van der Waals surface area contributed by atoms with Crippen molar-refractivity contribution < 1.29 is 5.11 Å². The Balaban J connectivity index is 1.48. The number of phenols is 1. The summed E-state index contributed by atoms with van der Waals surface area (Å²) in [6, 6.07) is 43.0. The van der Waals surface area contributed by atoms with Crippen LogP contribution in [0.15, 0.2) is 128 Å². The SMILES string of the molecule is CC(c1ccccc1)c1ccnc(-c2cc(-c3cccc4c3nc(-c3cc(C(C)(C)C)cc(C(C)(C)C)c3O)n4-c3ccccc3)cc(C(C)(C)C)c2)c1. The molecule has 4 nitrogen and oxygen atoms in total. The van der Waals surface area contributed by atoms with Gasteiger partial charge in [0.05, 0.1) is 22.3 Å². The number of pyridine rings is 1. The maximum Gasteiger partial charge on any atom is 0.149 e. The van der Waals surface area contributed by atoms with Crippen molar-refractivity contribution in [1.82, 2.24) is 14.5 Å². The van der Waals surface area contributed by atoms with Gasteiger partial charge in [-0.2, -0.15) is 0 Å². The molecule has 0 aliphatic carbocycles. The fraction of sp³-hybridized carbons (Fsp3) is 0.280. The van der Waals surface area contributed by atoms with Gasteiger partial charge < -0.3 is 5.11 Å². The molecule has 7 rings (SSSR count). The van der Waals surface area contributed by atoms with E-state index < -0.39 is 0 Å². The summed E-state index contributed by atoms with van der Waals surface area (Å²) in [5.74, 6) is 1.23. The highest BCUT2D eigenvalue weighted by molar-refractivity contribution is 5.97. The van der Waals surface area contributed by atoms with Crippen molar-refractivity contribution in [2.45, 2.75) is 91.4 Å². The Kier molecular flexibility index (Phi) is 9.38. The quantitative estimate of drug-likeness (QED) is 0.187. The van der Waals surface area contributed by atoms with Crippen molar-refractivity contribution in [3.63, 3.8) is 0 Å². The van der Waals surface area contributed by atoms with Crippen LogP contribution in [0.2, 0.25) is 0 Å². The second-order valence-corrected chi connectivity index (χ2v) is 17.9. The zero-order chi connectivity index (χ0) is 38.6. The minimum Gasteiger partial charge on any atom is -0.507 e. The molecule has 0 saturated carbocycles. The normalized spacial score (nSPS) is 13.0. The smallest absolute Gasteiger partial charge is 0.149 e. The molecule has 0 radical (unpaired) electrons. The highest BCUT2D eigenvalue weighted by atomic mass is 16.3. The molecule has 2 aromatic heterocycles. The van der Waals surface area contributed by atoms with Crippen molar-refractivity contribution in [1.29, 1.82) is 0 Å². The first-order valence-electron chi connectivity index (χ1n) is 19.1. The molecular weight excluding hydrogens is 659 g/mol. The van der Waals surface area contributed by atoms with E-state index in [-0.39, 0.29) is 27.9 Å². The van der Waals surface area contributed by atoms with Crippen LogP contribution in [-0.4, -0.2) is 19.6 Å². The summed E-state index contributed by atoms with van der Waals surface area (Å²) in [7, 11) is 0. The highest BCUT2D eigenvalue weighted by Gasteiger charge is 2.29. The van der Waals surface area contributed by atoms with Gasteiger partial charge in [0.1, 0.15) is 11.6 Å². The molecule has 0 aliphatic rings. The molecule has 0 bridgehead atoms. The lowest BCUT2D eigenvalue weighted by atomic mass is 9.79. The van der Waals surface area contributed by atoms with Crippen molar-refractivity contribution in [3.05, 3.63) is 155 Å². The standard InChI is InChI=1S/C50H53N3O/c1-32(33-18-13-11-14-19-33)34-24-25-51-43(29-34)36-26-35(27-37(28-36)48(2,3)4)40-22-17-23-44-45(40)52-47(53(44)39-20-15-12-16-21-39)41-30-38(49(5,6)7)31-42(46(41)54)50(8,9)10/h11-32,54H,1-10H3. The number of phenolic OH excluding ortho intramolecular Hbond substituents is 1. The number of nitrogens with zero attached hydrogens (tertiary/aromatic N) is 3. The Morgan fingerprint density at radius 2 is 1.20 bits per heavy atom. The lowest BCUT2D eigenvalue weighted by Gasteiger charge is -2.27. The molecule has 0 saturated heterocycles. The van der Waals surface area contributed by atoms with Crippen LogP contribution < -0.4 is 0 Å². The minimum atomic E-state index is -0.275. The van der Waals surface area contributed by atoms with Crippen LogP contribution in [0, 0.1) is 0 Å². The summed E-state index contributed by atoms with van der Waals surface area (Å²) >= 11 is 0. The number of hydrogen-bond acceptors (Lipinski definition) is 3. The van der Waals surface area contributed by atoms with Gasteiger partial charge in [-0.25, -0.2) is 4.98 Å². The Hall–Kier alpha value is -5.48. The molecule has 274 valence electrons. The molecule has 5 aromatic carbocycles. The van der Waals surface area contributed by atoms with Crippen molar-refractivity contribution in [2.24, 2.45) is 0 Å². The van der Waals surface area contributed by atoms with E-state index in [1.54, 1.807) is 0 Å². The second kappa shape index (κ2) is 13.7. The van der Waals surface area contributed by atoms with Crippen LogP contribution in [0.3, 0.4) is 0 Å². The monoisotopic (exact) mass is 711 g/mol. The van der Waals surface area contributed by atoms with E-state index in [4.69, 9.17) is 9.97 Å². The zero-order valence-corrected chi connectivity index (χ0v) is 33.5. The maximum atomic E-state index is 12.1. The van der Waals surface area contributed by atoms with E-state index >= 15 is 0 Å². The number of aromatic nitrogens is 3. The van der Waals surface area contributed by atoms with E-state index in [9.17, 15) is 5.11 Å². The van der Waals surface area contributed by atoms with Gasteiger partial charge >= 0.3 is 0 Å². The van der Waals surface area contributed by atoms with Gasteiger partial charge in [0, 0.05) is 34.5 Å². The fourth-order valence-corrected chi connectivity index (χ4v) is 7.33. The van der Waals surface area contributed by atoms with E-state index in [0.29, 0.717) is 5.82 Å². The lowest BCUT2D eigenvalue weighted by molar-refractivity contribution is 0.446. The molecular formula is C50H53N3O. The third-order valence-electron chi connectivity index (χ3n) is 10.7. The molecule has 0 spiro atoms. The average molecular weight is 712 g/mol. The van der Waals surface area contributed by atoms with Gasteiger partial charge in [-0.1, -0.05) is 142 Å². The van der Waals surface area contributed by atoms with Crippen LogP contribution in [0.1, 0.15) is 103 Å².